The molecule has 2 aromatic carbocycles. The monoisotopic (exact) mass is 462 g/mol. The molecule has 10 nitrogen and oxygen atoms in total. The zero-order valence-electron chi connectivity index (χ0n) is 18.1. The van der Waals surface area contributed by atoms with Crippen LogP contribution in [0.25, 0.3) is 10.9 Å². The zero-order chi connectivity index (χ0) is 24.4. The van der Waals surface area contributed by atoms with Gasteiger partial charge in [-0.1, -0.05) is 30.3 Å². The van der Waals surface area contributed by atoms with Gasteiger partial charge in [-0.25, -0.2) is 4.79 Å². The van der Waals surface area contributed by atoms with Crippen molar-refractivity contribution in [3.8, 4) is 0 Å². The van der Waals surface area contributed by atoms with E-state index in [-0.39, 0.29) is 23.9 Å². The number of carboxylic acid groups (broad SMARTS) is 1. The molecule has 1 aliphatic rings. The van der Waals surface area contributed by atoms with Gasteiger partial charge in [0.25, 0.3) is 11.8 Å². The van der Waals surface area contributed by atoms with Gasteiger partial charge >= 0.3 is 6.09 Å². The normalized spacial score (nSPS) is 13.7. The van der Waals surface area contributed by atoms with Crippen molar-refractivity contribution in [2.75, 3.05) is 6.54 Å². The van der Waals surface area contributed by atoms with Crippen molar-refractivity contribution in [2.24, 2.45) is 5.73 Å². The Morgan fingerprint density at radius 2 is 1.50 bits per heavy atom. The van der Waals surface area contributed by atoms with Crippen LogP contribution < -0.4 is 11.1 Å². The average Bonchev–Trinajstić information content (AvgIpc) is 3.30. The highest BCUT2D eigenvalue weighted by atomic mass is 16.4. The lowest BCUT2D eigenvalue weighted by molar-refractivity contribution is -0.118. The van der Waals surface area contributed by atoms with Gasteiger partial charge < -0.3 is 20.7 Å². The third kappa shape index (κ3) is 4.13. The van der Waals surface area contributed by atoms with Crippen LogP contribution in [0.4, 0.5) is 4.79 Å². The fraction of sp³-hybridized carbons (Fsp3) is 0.208. The van der Waals surface area contributed by atoms with Gasteiger partial charge in [-0.15, -0.1) is 0 Å². The van der Waals surface area contributed by atoms with E-state index in [1.54, 1.807) is 54.7 Å². The van der Waals surface area contributed by atoms with Crippen LogP contribution in [-0.4, -0.2) is 56.8 Å². The van der Waals surface area contributed by atoms with Crippen molar-refractivity contribution in [2.45, 2.75) is 25.4 Å². The lowest BCUT2D eigenvalue weighted by atomic mass is 10.0. The highest BCUT2D eigenvalue weighted by Crippen LogP contribution is 2.25. The Bertz CT molecular complexity index is 1290. The number of Topliss-reactive ketones (excluding diaryl/α,β-unsaturated/α-hetero) is 1. The summed E-state index contributed by atoms with van der Waals surface area (Å²) < 4.78 is 1.82. The quantitative estimate of drug-likeness (QED) is 0.191. The summed E-state index contributed by atoms with van der Waals surface area (Å²) in [6, 6.07) is 12.1. The third-order valence-corrected chi connectivity index (χ3v) is 5.78. The molecule has 174 valence electrons. The number of primary amides is 1. The van der Waals surface area contributed by atoms with E-state index in [0.717, 1.165) is 5.52 Å². The van der Waals surface area contributed by atoms with E-state index >= 15 is 0 Å². The van der Waals surface area contributed by atoms with E-state index in [9.17, 15) is 24.0 Å². The molecule has 10 heteroatoms. The number of unbranched alkanes of at least 4 members (excludes halogenated alkanes) is 1. The van der Waals surface area contributed by atoms with E-state index in [2.05, 4.69) is 0 Å². The van der Waals surface area contributed by atoms with Crippen molar-refractivity contribution in [3.63, 3.8) is 0 Å². The topological polar surface area (TPSA) is 152 Å². The number of hydrogen-bond acceptors (Lipinski definition) is 5. The van der Waals surface area contributed by atoms with Crippen molar-refractivity contribution in [3.05, 3.63) is 71.4 Å². The maximum Gasteiger partial charge on any atom is 0.405 e. The number of benzene rings is 2. The van der Waals surface area contributed by atoms with Gasteiger partial charge in [-0.3, -0.25) is 24.1 Å². The maximum atomic E-state index is 12.9. The number of ketones is 1. The van der Waals surface area contributed by atoms with E-state index < -0.39 is 23.8 Å². The number of aromatic nitrogens is 1. The molecule has 0 spiro atoms. The van der Waals surface area contributed by atoms with Gasteiger partial charge in [0.05, 0.1) is 11.1 Å². The lowest BCUT2D eigenvalue weighted by Gasteiger charge is -2.14. The minimum absolute atomic E-state index is 0.175. The number of amides is 4. The summed E-state index contributed by atoms with van der Waals surface area (Å²) in [5, 5.41) is 11.4. The Morgan fingerprint density at radius 1 is 0.912 bits per heavy atom. The van der Waals surface area contributed by atoms with Crippen LogP contribution in [0.2, 0.25) is 0 Å². The summed E-state index contributed by atoms with van der Waals surface area (Å²) in [6.45, 7) is 0.744. The number of carbonyl (C=O) groups is 5. The van der Waals surface area contributed by atoms with Crippen LogP contribution in [0, 0.1) is 0 Å². The number of nitrogens with two attached hydrogens (primary N) is 1. The number of aryl methyl sites for hydroxylation is 1. The number of imide groups is 1. The maximum absolute atomic E-state index is 12.9. The van der Waals surface area contributed by atoms with Gasteiger partial charge in [0, 0.05) is 35.8 Å². The minimum atomic E-state index is -1.70. The number of para-hydroxylation sites is 1. The number of rotatable bonds is 9. The van der Waals surface area contributed by atoms with Crippen LogP contribution in [-0.2, 0) is 11.3 Å². The molecule has 0 bridgehead atoms. The largest absolute Gasteiger partial charge is 0.465 e. The summed E-state index contributed by atoms with van der Waals surface area (Å²) >= 11 is 0. The predicted molar refractivity (Wildman–Crippen MR) is 121 cm³/mol. The van der Waals surface area contributed by atoms with E-state index in [1.807, 2.05) is 9.88 Å². The van der Waals surface area contributed by atoms with Gasteiger partial charge in [-0.2, -0.15) is 0 Å². The minimum Gasteiger partial charge on any atom is -0.465 e. The van der Waals surface area contributed by atoms with Crippen LogP contribution in [0.3, 0.4) is 0 Å². The van der Waals surface area contributed by atoms with Crippen LogP contribution >= 0.6 is 0 Å². The summed E-state index contributed by atoms with van der Waals surface area (Å²) in [4.78, 5) is 61.8. The lowest BCUT2D eigenvalue weighted by Crippen LogP contribution is -2.49. The Morgan fingerprint density at radius 3 is 2.12 bits per heavy atom. The first kappa shape index (κ1) is 22.7. The molecule has 1 aromatic heterocycles. The number of fused-ring (bicyclic) bond motifs is 2. The molecule has 1 atom stereocenters. The molecule has 1 aliphatic heterocycles. The third-order valence-electron chi connectivity index (χ3n) is 5.78. The van der Waals surface area contributed by atoms with Crippen molar-refractivity contribution < 1.29 is 29.1 Å². The molecule has 0 radical (unpaired) electrons. The van der Waals surface area contributed by atoms with Gasteiger partial charge in [0.15, 0.2) is 11.8 Å². The summed E-state index contributed by atoms with van der Waals surface area (Å²) in [5.74, 6) is -2.44. The van der Waals surface area contributed by atoms with Crippen molar-refractivity contribution >= 4 is 40.5 Å². The molecule has 0 saturated heterocycles. The Kier molecular flexibility index (Phi) is 6.13. The number of carbonyl (C=O) groups excluding carboxylic acids is 4. The molecule has 3 aromatic rings. The van der Waals surface area contributed by atoms with Crippen molar-refractivity contribution in [1.82, 2.24) is 14.8 Å². The summed E-state index contributed by atoms with van der Waals surface area (Å²) in [7, 11) is 0. The molecular formula is C24H22N4O6. The molecule has 4 N–H and O–H groups in total. The Labute approximate surface area is 193 Å². The molecule has 0 saturated carbocycles. The average molecular weight is 462 g/mol. The summed E-state index contributed by atoms with van der Waals surface area (Å²) in [6.07, 6.45) is 1.18. The van der Waals surface area contributed by atoms with Crippen molar-refractivity contribution in [1.29, 1.82) is 0 Å². The molecular weight excluding hydrogens is 440 g/mol. The molecule has 2 heterocycles. The second kappa shape index (κ2) is 9.18. The zero-order valence-corrected chi connectivity index (χ0v) is 18.1. The fourth-order valence-corrected chi connectivity index (χ4v) is 4.17. The van der Waals surface area contributed by atoms with Gasteiger partial charge in [0.2, 0.25) is 5.91 Å². The van der Waals surface area contributed by atoms with Crippen LogP contribution in [0.5, 0.6) is 0 Å². The van der Waals surface area contributed by atoms with E-state index in [4.69, 9.17) is 10.8 Å². The van der Waals surface area contributed by atoms with Gasteiger partial charge in [0.1, 0.15) is 0 Å². The highest BCUT2D eigenvalue weighted by molar-refractivity contribution is 6.21. The SMILES string of the molecule is NC(=O)C(NC(=O)O)C(=O)c1cn(CCCCN2C(=O)c3ccccc3C2=O)c2ccccc12. The second-order valence-corrected chi connectivity index (χ2v) is 7.92. The Balaban J connectivity index is 1.47. The second-order valence-electron chi connectivity index (χ2n) is 7.92. The molecule has 0 aliphatic carbocycles. The fourth-order valence-electron chi connectivity index (χ4n) is 4.17. The molecule has 0 fully saturated rings. The predicted octanol–water partition coefficient (Wildman–Crippen LogP) is 2.02. The summed E-state index contributed by atoms with van der Waals surface area (Å²) in [5.41, 5.74) is 6.95. The van der Waals surface area contributed by atoms with Gasteiger partial charge in [-0.05, 0) is 31.0 Å². The number of nitrogens with zero attached hydrogens (tertiary/aromatic N) is 2. The van der Waals surface area contributed by atoms with Crippen LogP contribution in [0.15, 0.2) is 54.7 Å². The molecule has 4 rings (SSSR count). The molecule has 4 amide bonds. The highest BCUT2D eigenvalue weighted by Gasteiger charge is 2.34. The smallest absolute Gasteiger partial charge is 0.405 e. The molecule has 1 unspecified atom stereocenters. The number of hydrogen-bond donors (Lipinski definition) is 3. The molecule has 34 heavy (non-hydrogen) atoms. The van der Waals surface area contributed by atoms with E-state index in [1.165, 1.54) is 4.90 Å². The standard InChI is InChI=1S/C24H22N4O6/c25-21(30)19(26-24(33)34)20(29)17-13-27(18-10-4-3-7-14(17)18)11-5-6-12-28-22(31)15-8-1-2-9-16(15)23(28)32/h1-4,7-10,13,19,26H,5-6,11-12H2,(H2,25,30)(H,33,34). The Hall–Kier alpha value is -4.47. The first-order valence-corrected chi connectivity index (χ1v) is 10.7. The first-order chi connectivity index (χ1) is 16.3. The number of nitrogens with one attached hydrogen (secondary N) is 1. The van der Waals surface area contributed by atoms with Crippen LogP contribution in [0.1, 0.15) is 43.9 Å². The van der Waals surface area contributed by atoms with E-state index in [0.29, 0.717) is 35.9 Å². The first-order valence-electron chi connectivity index (χ1n) is 10.7.